The fourth-order valence-electron chi connectivity index (χ4n) is 2.27. The van der Waals surface area contributed by atoms with Crippen molar-refractivity contribution in [3.63, 3.8) is 0 Å². The summed E-state index contributed by atoms with van der Waals surface area (Å²) < 4.78 is 0. The van der Waals surface area contributed by atoms with E-state index in [1.165, 1.54) is 0 Å². The average Bonchev–Trinajstić information content (AvgIpc) is 2.60. The Bertz CT molecular complexity index is 709. The van der Waals surface area contributed by atoms with Gasteiger partial charge in [-0.05, 0) is 30.2 Å². The van der Waals surface area contributed by atoms with Crippen LogP contribution in [-0.4, -0.2) is 18.2 Å². The Balaban J connectivity index is 1.65. The van der Waals surface area contributed by atoms with E-state index in [0.717, 1.165) is 5.56 Å². The van der Waals surface area contributed by atoms with Crippen LogP contribution < -0.4 is 11.1 Å². The first kappa shape index (κ1) is 17.5. The number of nitrogen functional groups attached to an aromatic ring is 1. The van der Waals surface area contributed by atoms with Crippen molar-refractivity contribution >= 4 is 17.4 Å². The van der Waals surface area contributed by atoms with Crippen LogP contribution >= 0.6 is 0 Å². The third-order valence-electron chi connectivity index (χ3n) is 3.59. The molecule has 0 bridgehead atoms. The lowest BCUT2D eigenvalue weighted by atomic mass is 10.1. The molecule has 0 atom stereocenters. The number of hydrogen-bond acceptors (Lipinski definition) is 3. The maximum absolute atomic E-state index is 11.9. The van der Waals surface area contributed by atoms with Crippen molar-refractivity contribution in [1.82, 2.24) is 5.32 Å². The van der Waals surface area contributed by atoms with Crippen molar-refractivity contribution in [2.24, 2.45) is 0 Å². The number of nitrogens with one attached hydrogen (secondary N) is 1. The molecule has 0 saturated heterocycles. The number of ketones is 1. The van der Waals surface area contributed by atoms with Crippen LogP contribution in [0.15, 0.2) is 66.7 Å². The zero-order valence-corrected chi connectivity index (χ0v) is 13.6. The Morgan fingerprint density at radius 3 is 2.42 bits per heavy atom. The molecule has 124 valence electrons. The number of rotatable bonds is 8. The van der Waals surface area contributed by atoms with E-state index in [0.29, 0.717) is 37.1 Å². The van der Waals surface area contributed by atoms with Gasteiger partial charge in [0.15, 0.2) is 0 Å². The summed E-state index contributed by atoms with van der Waals surface area (Å²) in [6.07, 6.45) is 5.18. The van der Waals surface area contributed by atoms with Gasteiger partial charge in [-0.15, -0.1) is 0 Å². The highest BCUT2D eigenvalue weighted by Crippen LogP contribution is 2.12. The third kappa shape index (κ3) is 5.72. The first-order valence-electron chi connectivity index (χ1n) is 8.00. The zero-order chi connectivity index (χ0) is 17.2. The summed E-state index contributed by atoms with van der Waals surface area (Å²) in [5.41, 5.74) is 8.00. The van der Waals surface area contributed by atoms with Crippen LogP contribution in [0.5, 0.6) is 0 Å². The second-order valence-corrected chi connectivity index (χ2v) is 5.50. The molecule has 4 nitrogen and oxygen atoms in total. The molecule has 0 spiro atoms. The number of carbonyl (C=O) groups excluding carboxylic acids is 2. The zero-order valence-electron chi connectivity index (χ0n) is 13.6. The molecule has 24 heavy (non-hydrogen) atoms. The Hall–Kier alpha value is -2.88. The summed E-state index contributed by atoms with van der Waals surface area (Å²) in [6, 6.07) is 16.5. The van der Waals surface area contributed by atoms with E-state index in [4.69, 9.17) is 5.73 Å². The van der Waals surface area contributed by atoms with E-state index in [2.05, 4.69) is 5.32 Å². The van der Waals surface area contributed by atoms with Crippen molar-refractivity contribution in [3.8, 4) is 0 Å². The lowest BCUT2D eigenvalue weighted by Gasteiger charge is -2.03. The Labute approximate surface area is 142 Å². The fraction of sp³-hybridized carbons (Fsp3) is 0.200. The van der Waals surface area contributed by atoms with Crippen LogP contribution in [0.1, 0.15) is 28.8 Å². The van der Waals surface area contributed by atoms with E-state index in [9.17, 15) is 9.59 Å². The van der Waals surface area contributed by atoms with E-state index in [1.807, 2.05) is 48.6 Å². The number of nitrogens with two attached hydrogens (primary N) is 1. The smallest absolute Gasteiger partial charge is 0.251 e. The van der Waals surface area contributed by atoms with Crippen LogP contribution in [-0.2, 0) is 11.2 Å². The molecule has 0 radical (unpaired) electrons. The molecule has 0 aliphatic carbocycles. The maximum atomic E-state index is 11.9. The average molecular weight is 322 g/mol. The maximum Gasteiger partial charge on any atom is 0.251 e. The van der Waals surface area contributed by atoms with Crippen molar-refractivity contribution in [3.05, 3.63) is 77.9 Å². The fourth-order valence-corrected chi connectivity index (χ4v) is 2.27. The van der Waals surface area contributed by atoms with Gasteiger partial charge in [0.05, 0.1) is 0 Å². The van der Waals surface area contributed by atoms with E-state index >= 15 is 0 Å². The molecule has 0 fully saturated rings. The number of para-hydroxylation sites is 1. The van der Waals surface area contributed by atoms with Crippen molar-refractivity contribution in [2.45, 2.75) is 19.3 Å². The van der Waals surface area contributed by atoms with Gasteiger partial charge < -0.3 is 11.1 Å². The van der Waals surface area contributed by atoms with E-state index in [-0.39, 0.29) is 11.7 Å². The summed E-state index contributed by atoms with van der Waals surface area (Å²) in [5, 5.41) is 2.84. The molecule has 1 amide bonds. The van der Waals surface area contributed by atoms with E-state index < -0.39 is 0 Å². The van der Waals surface area contributed by atoms with Gasteiger partial charge in [0.25, 0.3) is 5.91 Å². The second kappa shape index (κ2) is 9.30. The van der Waals surface area contributed by atoms with Crippen molar-refractivity contribution in [2.75, 3.05) is 12.3 Å². The van der Waals surface area contributed by atoms with Crippen LogP contribution in [0.2, 0.25) is 0 Å². The molecular weight excluding hydrogens is 300 g/mol. The van der Waals surface area contributed by atoms with Crippen LogP contribution in [0.3, 0.4) is 0 Å². The molecule has 0 unspecified atom stereocenters. The minimum atomic E-state index is -0.0837. The molecule has 0 aliphatic heterocycles. The number of benzene rings is 2. The summed E-state index contributed by atoms with van der Waals surface area (Å²) in [7, 11) is 0. The molecule has 0 aromatic heterocycles. The largest absolute Gasteiger partial charge is 0.398 e. The van der Waals surface area contributed by atoms with Gasteiger partial charge in [0.1, 0.15) is 5.78 Å². The molecule has 3 N–H and O–H groups in total. The summed E-state index contributed by atoms with van der Waals surface area (Å²) >= 11 is 0. The monoisotopic (exact) mass is 322 g/mol. The molecule has 2 aromatic rings. The minimum absolute atomic E-state index is 0.0837. The highest BCUT2D eigenvalue weighted by Gasteiger charge is 2.04. The highest BCUT2D eigenvalue weighted by atomic mass is 16.1. The summed E-state index contributed by atoms with van der Waals surface area (Å²) in [6.45, 7) is 0.546. The van der Waals surface area contributed by atoms with Gasteiger partial charge in [-0.3, -0.25) is 9.59 Å². The first-order chi connectivity index (χ1) is 11.7. The van der Waals surface area contributed by atoms with Crippen LogP contribution in [0.4, 0.5) is 5.69 Å². The SMILES string of the molecule is Nc1ccccc1CC(=O)C/C=C/CCNC(=O)c1ccccc1. The number of anilines is 1. The quantitative estimate of drug-likeness (QED) is 0.445. The Kier molecular flexibility index (Phi) is 6.77. The van der Waals surface area contributed by atoms with Crippen LogP contribution in [0, 0.1) is 0 Å². The summed E-state index contributed by atoms with van der Waals surface area (Å²) in [5.74, 6) is 0.0390. The van der Waals surface area contributed by atoms with Gasteiger partial charge in [0, 0.05) is 30.6 Å². The molecule has 0 aliphatic rings. The highest BCUT2D eigenvalue weighted by molar-refractivity contribution is 5.94. The van der Waals surface area contributed by atoms with Gasteiger partial charge in [0.2, 0.25) is 0 Å². The molecule has 0 heterocycles. The van der Waals surface area contributed by atoms with Gasteiger partial charge >= 0.3 is 0 Å². The minimum Gasteiger partial charge on any atom is -0.398 e. The summed E-state index contributed by atoms with van der Waals surface area (Å²) in [4.78, 5) is 23.7. The topological polar surface area (TPSA) is 72.2 Å². The predicted molar refractivity (Wildman–Crippen MR) is 96.7 cm³/mol. The normalized spacial score (nSPS) is 10.7. The van der Waals surface area contributed by atoms with E-state index in [1.54, 1.807) is 18.2 Å². The molecular formula is C20H22N2O2. The van der Waals surface area contributed by atoms with Gasteiger partial charge in [-0.2, -0.15) is 0 Å². The van der Waals surface area contributed by atoms with Crippen molar-refractivity contribution < 1.29 is 9.59 Å². The lowest BCUT2D eigenvalue weighted by Crippen LogP contribution is -2.23. The Morgan fingerprint density at radius 2 is 1.67 bits per heavy atom. The lowest BCUT2D eigenvalue weighted by molar-refractivity contribution is -0.117. The molecule has 2 rings (SSSR count). The third-order valence-corrected chi connectivity index (χ3v) is 3.59. The van der Waals surface area contributed by atoms with Gasteiger partial charge in [-0.25, -0.2) is 0 Å². The predicted octanol–water partition coefficient (Wildman–Crippen LogP) is 3.15. The molecule has 0 saturated carbocycles. The number of Topliss-reactive ketones (excluding diaryl/α,β-unsaturated/α-hetero) is 1. The van der Waals surface area contributed by atoms with Gasteiger partial charge in [-0.1, -0.05) is 48.6 Å². The number of hydrogen-bond donors (Lipinski definition) is 2. The second-order valence-electron chi connectivity index (χ2n) is 5.50. The first-order valence-corrected chi connectivity index (χ1v) is 8.00. The van der Waals surface area contributed by atoms with Crippen LogP contribution in [0.25, 0.3) is 0 Å². The van der Waals surface area contributed by atoms with Crippen molar-refractivity contribution in [1.29, 1.82) is 0 Å². The standard InChI is InChI=1S/C20H22N2O2/c21-19-13-7-6-11-17(19)15-18(23)12-5-2-8-14-22-20(24)16-9-3-1-4-10-16/h1-7,9-11,13H,8,12,14-15,21H2,(H,22,24)/b5-2+. The number of amides is 1. The molecule has 2 aromatic carbocycles. The number of allylic oxidation sites excluding steroid dienone is 1. The molecule has 4 heteroatoms. The Morgan fingerprint density at radius 1 is 0.958 bits per heavy atom. The number of carbonyl (C=O) groups is 2.